The number of fused-ring (bicyclic) bond motifs is 1. The Morgan fingerprint density at radius 3 is 2.33 bits per heavy atom. The number of nitrogens with zero attached hydrogens (tertiary/aromatic N) is 2. The van der Waals surface area contributed by atoms with Gasteiger partial charge in [0.25, 0.3) is 0 Å². The number of likely N-dealkylation sites (tertiary alicyclic amines) is 1. The van der Waals surface area contributed by atoms with E-state index in [0.717, 1.165) is 92.9 Å². The van der Waals surface area contributed by atoms with Crippen LogP contribution in [-0.4, -0.2) is 42.0 Å². The number of hydrogen-bond donors (Lipinski definition) is 1. The molecule has 3 aromatic carbocycles. The summed E-state index contributed by atoms with van der Waals surface area (Å²) in [7, 11) is 0. The summed E-state index contributed by atoms with van der Waals surface area (Å²) >= 11 is 6.41. The monoisotopic (exact) mass is 595 g/mol. The van der Waals surface area contributed by atoms with E-state index in [1.807, 2.05) is 12.1 Å². The summed E-state index contributed by atoms with van der Waals surface area (Å²) in [5.74, 6) is 1.04. The lowest BCUT2D eigenvalue weighted by atomic mass is 9.90. The van der Waals surface area contributed by atoms with Gasteiger partial charge in [-0.3, -0.25) is 4.90 Å². The Labute approximate surface area is 250 Å². The number of nitrogens with one attached hydrogen (secondary N) is 1. The topological polar surface area (TPSA) is 29.4 Å². The summed E-state index contributed by atoms with van der Waals surface area (Å²) in [4.78, 5) is 2.53. The Bertz CT molecular complexity index is 1490. The summed E-state index contributed by atoms with van der Waals surface area (Å²) in [6.45, 7) is 6.00. The van der Waals surface area contributed by atoms with E-state index in [0.29, 0.717) is 11.8 Å². The van der Waals surface area contributed by atoms with Crippen molar-refractivity contribution in [2.24, 2.45) is 11.8 Å². The van der Waals surface area contributed by atoms with Gasteiger partial charge >= 0.3 is 6.36 Å². The first-order valence-electron chi connectivity index (χ1n) is 15.0. The Kier molecular flexibility index (Phi) is 8.80. The van der Waals surface area contributed by atoms with Crippen molar-refractivity contribution in [1.82, 2.24) is 14.8 Å². The van der Waals surface area contributed by atoms with Gasteiger partial charge in [0.05, 0.1) is 0 Å². The SMILES string of the molecule is FC(F)(F)Oc1ccc(-c2cn(CC3CCNCC3)c3ccc(CN4CCC(Cc5ccccc5Cl)CC4)cc23)cc1. The molecule has 2 aliphatic rings. The Morgan fingerprint density at radius 1 is 0.881 bits per heavy atom. The highest BCUT2D eigenvalue weighted by Gasteiger charge is 2.31. The number of halogens is 4. The molecule has 1 aromatic heterocycles. The molecule has 42 heavy (non-hydrogen) atoms. The number of ether oxygens (including phenoxy) is 1. The molecule has 8 heteroatoms. The third kappa shape index (κ3) is 7.13. The molecule has 0 radical (unpaired) electrons. The largest absolute Gasteiger partial charge is 0.573 e. The van der Waals surface area contributed by atoms with Crippen molar-refractivity contribution in [2.75, 3.05) is 26.2 Å². The minimum atomic E-state index is -4.70. The van der Waals surface area contributed by atoms with Crippen molar-refractivity contribution < 1.29 is 17.9 Å². The fourth-order valence-electron chi connectivity index (χ4n) is 6.58. The van der Waals surface area contributed by atoms with Gasteiger partial charge in [-0.05, 0) is 117 Å². The molecule has 0 aliphatic carbocycles. The summed E-state index contributed by atoms with van der Waals surface area (Å²) in [5.41, 5.74) is 5.59. The van der Waals surface area contributed by atoms with Crippen LogP contribution < -0.4 is 10.1 Å². The van der Waals surface area contributed by atoms with Gasteiger partial charge in [0.2, 0.25) is 0 Å². The van der Waals surface area contributed by atoms with Crippen molar-refractivity contribution in [3.8, 4) is 16.9 Å². The first-order chi connectivity index (χ1) is 20.3. The molecule has 2 aliphatic heterocycles. The lowest BCUT2D eigenvalue weighted by Crippen LogP contribution is -2.33. The smallest absolute Gasteiger partial charge is 0.406 e. The van der Waals surface area contributed by atoms with E-state index in [1.165, 1.54) is 28.8 Å². The molecule has 0 atom stereocenters. The maximum Gasteiger partial charge on any atom is 0.573 e. The molecule has 4 aromatic rings. The quantitative estimate of drug-likeness (QED) is 0.222. The predicted molar refractivity (Wildman–Crippen MR) is 163 cm³/mol. The molecular formula is C34H37ClF3N3O. The van der Waals surface area contributed by atoms with Gasteiger partial charge < -0.3 is 14.6 Å². The fraction of sp³-hybridized carbons (Fsp3) is 0.412. The summed E-state index contributed by atoms with van der Waals surface area (Å²) in [6.07, 6.45) is 3.09. The van der Waals surface area contributed by atoms with Crippen molar-refractivity contribution in [2.45, 2.75) is 51.6 Å². The Hall–Kier alpha value is -3.00. The lowest BCUT2D eigenvalue weighted by molar-refractivity contribution is -0.274. The van der Waals surface area contributed by atoms with Crippen LogP contribution in [0.25, 0.3) is 22.0 Å². The van der Waals surface area contributed by atoms with E-state index >= 15 is 0 Å². The molecular weight excluding hydrogens is 559 g/mol. The first kappa shape index (κ1) is 29.1. The van der Waals surface area contributed by atoms with Gasteiger partial charge in [-0.1, -0.05) is 48.0 Å². The highest BCUT2D eigenvalue weighted by atomic mass is 35.5. The predicted octanol–water partition coefficient (Wildman–Crippen LogP) is 8.31. The van der Waals surface area contributed by atoms with E-state index in [9.17, 15) is 13.2 Å². The lowest BCUT2D eigenvalue weighted by Gasteiger charge is -2.32. The molecule has 0 amide bonds. The van der Waals surface area contributed by atoms with Gasteiger partial charge in [0, 0.05) is 40.8 Å². The molecule has 0 unspecified atom stereocenters. The third-order valence-electron chi connectivity index (χ3n) is 8.84. The summed E-state index contributed by atoms with van der Waals surface area (Å²) < 4.78 is 44.6. The van der Waals surface area contributed by atoms with Gasteiger partial charge in [-0.2, -0.15) is 0 Å². The second-order valence-corrected chi connectivity index (χ2v) is 12.2. The van der Waals surface area contributed by atoms with Crippen LogP contribution in [-0.2, 0) is 19.5 Å². The summed E-state index contributed by atoms with van der Waals surface area (Å²) in [6, 6.07) is 21.1. The number of rotatable bonds is 8. The van der Waals surface area contributed by atoms with Gasteiger partial charge in [0.1, 0.15) is 5.75 Å². The number of hydrogen-bond acceptors (Lipinski definition) is 3. The van der Waals surface area contributed by atoms with E-state index in [2.05, 4.69) is 56.0 Å². The molecule has 0 bridgehead atoms. The molecule has 3 heterocycles. The molecule has 0 saturated carbocycles. The average molecular weight is 596 g/mol. The third-order valence-corrected chi connectivity index (χ3v) is 9.21. The van der Waals surface area contributed by atoms with E-state index in [4.69, 9.17) is 11.6 Å². The van der Waals surface area contributed by atoms with Crippen LogP contribution in [0.2, 0.25) is 5.02 Å². The van der Waals surface area contributed by atoms with Gasteiger partial charge in [0.15, 0.2) is 0 Å². The normalized spacial score (nSPS) is 17.6. The zero-order valence-corrected chi connectivity index (χ0v) is 24.4. The number of benzene rings is 3. The van der Waals surface area contributed by atoms with Crippen LogP contribution in [0, 0.1) is 11.8 Å². The van der Waals surface area contributed by atoms with Gasteiger partial charge in [-0.15, -0.1) is 13.2 Å². The van der Waals surface area contributed by atoms with Crippen molar-refractivity contribution in [3.63, 3.8) is 0 Å². The number of aromatic nitrogens is 1. The molecule has 2 saturated heterocycles. The van der Waals surface area contributed by atoms with E-state index in [-0.39, 0.29) is 5.75 Å². The summed E-state index contributed by atoms with van der Waals surface area (Å²) in [5, 5.41) is 5.44. The highest BCUT2D eigenvalue weighted by Crippen LogP contribution is 2.35. The van der Waals surface area contributed by atoms with Crippen molar-refractivity contribution in [1.29, 1.82) is 0 Å². The zero-order valence-electron chi connectivity index (χ0n) is 23.7. The minimum absolute atomic E-state index is 0.205. The Morgan fingerprint density at radius 2 is 1.62 bits per heavy atom. The second-order valence-electron chi connectivity index (χ2n) is 11.8. The maximum absolute atomic E-state index is 12.7. The average Bonchev–Trinajstić information content (AvgIpc) is 3.33. The van der Waals surface area contributed by atoms with Gasteiger partial charge in [-0.25, -0.2) is 0 Å². The van der Waals surface area contributed by atoms with E-state index in [1.54, 1.807) is 12.1 Å². The molecule has 0 spiro atoms. The van der Waals surface area contributed by atoms with Crippen LogP contribution in [0.4, 0.5) is 13.2 Å². The van der Waals surface area contributed by atoms with Crippen LogP contribution in [0.5, 0.6) is 5.75 Å². The van der Waals surface area contributed by atoms with Crippen molar-refractivity contribution in [3.05, 3.63) is 89.1 Å². The maximum atomic E-state index is 12.7. The van der Waals surface area contributed by atoms with Crippen LogP contribution in [0.15, 0.2) is 72.9 Å². The molecule has 2 fully saturated rings. The standard InChI is InChI=1S/C34H37ClF3N3O/c35-32-4-2-1-3-28(32)19-24-13-17-40(18-14-24)21-26-5-10-33-30(20-26)31(23-41(33)22-25-11-15-39-16-12-25)27-6-8-29(9-7-27)42-34(36,37)38/h1-10,20,23-25,39H,11-19,21-22H2. The molecule has 1 N–H and O–H groups in total. The Balaban J connectivity index is 1.20. The second kappa shape index (κ2) is 12.7. The fourth-order valence-corrected chi connectivity index (χ4v) is 6.80. The van der Waals surface area contributed by atoms with Crippen molar-refractivity contribution >= 4 is 22.5 Å². The number of piperidine rings is 2. The molecule has 6 rings (SSSR count). The minimum Gasteiger partial charge on any atom is -0.406 e. The van der Waals surface area contributed by atoms with Crippen LogP contribution in [0.3, 0.4) is 0 Å². The van der Waals surface area contributed by atoms with Crippen LogP contribution >= 0.6 is 11.6 Å². The molecule has 222 valence electrons. The van der Waals surface area contributed by atoms with Crippen LogP contribution in [0.1, 0.15) is 36.8 Å². The zero-order chi connectivity index (χ0) is 29.1. The highest BCUT2D eigenvalue weighted by molar-refractivity contribution is 6.31. The number of alkyl halides is 3. The molecule has 4 nitrogen and oxygen atoms in total. The first-order valence-corrected chi connectivity index (χ1v) is 15.3. The van der Waals surface area contributed by atoms with E-state index < -0.39 is 6.36 Å².